The molecular weight excluding hydrogens is 338 g/mol. The summed E-state index contributed by atoms with van der Waals surface area (Å²) in [7, 11) is 0. The van der Waals surface area contributed by atoms with E-state index in [1.165, 1.54) is 0 Å². The summed E-state index contributed by atoms with van der Waals surface area (Å²) in [5.41, 5.74) is 1.71. The van der Waals surface area contributed by atoms with E-state index < -0.39 is 0 Å². The number of benzene rings is 1. The molecule has 0 bridgehead atoms. The molecule has 2 aliphatic rings. The fraction of sp³-hybridized carbons (Fsp3) is 0.294. The fourth-order valence-corrected chi connectivity index (χ4v) is 4.06. The average molecular weight is 353 g/mol. The molecule has 1 unspecified atom stereocenters. The fourth-order valence-electron chi connectivity index (χ4n) is 3.27. The number of rotatable bonds is 3. The van der Waals surface area contributed by atoms with Gasteiger partial charge in [-0.15, -0.1) is 16.4 Å². The van der Waals surface area contributed by atoms with Crippen molar-refractivity contribution in [3.8, 4) is 22.8 Å². The van der Waals surface area contributed by atoms with Gasteiger partial charge < -0.3 is 14.4 Å². The normalized spacial score (nSPS) is 18.7. The number of ether oxygens (including phenoxy) is 2. The number of anilines is 1. The molecule has 1 atom stereocenters. The molecule has 0 N–H and O–H groups in total. The van der Waals surface area contributed by atoms with E-state index in [1.807, 2.05) is 29.8 Å². The summed E-state index contributed by atoms with van der Waals surface area (Å²) in [5.74, 6) is 2.14. The molecule has 1 fully saturated rings. The van der Waals surface area contributed by atoms with Gasteiger partial charge in [-0.1, -0.05) is 0 Å². The number of hydrogen-bond acceptors (Lipinski definition) is 8. The highest BCUT2D eigenvalue weighted by atomic mass is 32.1. The molecular formula is C17H15N5O2S. The van der Waals surface area contributed by atoms with Crippen LogP contribution in [0.25, 0.3) is 11.3 Å². The van der Waals surface area contributed by atoms with Gasteiger partial charge in [0.1, 0.15) is 5.01 Å². The molecule has 7 nitrogen and oxygen atoms in total. The van der Waals surface area contributed by atoms with Crippen molar-refractivity contribution in [2.75, 3.05) is 18.2 Å². The highest BCUT2D eigenvalue weighted by molar-refractivity contribution is 7.09. The number of fused-ring (bicyclic) bond motifs is 1. The second-order valence-electron chi connectivity index (χ2n) is 5.93. The zero-order valence-corrected chi connectivity index (χ0v) is 14.1. The number of hydrogen-bond donors (Lipinski definition) is 0. The Hall–Kier alpha value is -2.74. The summed E-state index contributed by atoms with van der Waals surface area (Å²) >= 11 is 1.67. The van der Waals surface area contributed by atoms with E-state index in [2.05, 4.69) is 20.1 Å². The standard InChI is InChI=1S/C17H15N5O2S/c1-2-13(16-18-5-7-25-16)22(6-1)17-20-12(9-19-21-17)11-3-4-14-15(8-11)24-10-23-14/h3-5,7-9,13H,1-2,6,10H2. The second-order valence-corrected chi connectivity index (χ2v) is 6.86. The van der Waals surface area contributed by atoms with Crippen molar-refractivity contribution >= 4 is 17.3 Å². The van der Waals surface area contributed by atoms with Gasteiger partial charge in [0, 0.05) is 23.7 Å². The van der Waals surface area contributed by atoms with Gasteiger partial charge in [-0.2, -0.15) is 5.10 Å². The smallest absolute Gasteiger partial charge is 0.246 e. The molecule has 8 heteroatoms. The quantitative estimate of drug-likeness (QED) is 0.716. The molecule has 25 heavy (non-hydrogen) atoms. The first-order chi connectivity index (χ1) is 12.4. The summed E-state index contributed by atoms with van der Waals surface area (Å²) in [4.78, 5) is 11.4. The predicted molar refractivity (Wildman–Crippen MR) is 92.8 cm³/mol. The summed E-state index contributed by atoms with van der Waals surface area (Å²) < 4.78 is 10.8. The van der Waals surface area contributed by atoms with Crippen molar-refractivity contribution < 1.29 is 9.47 Å². The van der Waals surface area contributed by atoms with Crippen LogP contribution in [-0.2, 0) is 0 Å². The summed E-state index contributed by atoms with van der Waals surface area (Å²) in [6, 6.07) is 6.02. The zero-order chi connectivity index (χ0) is 16.6. The van der Waals surface area contributed by atoms with Gasteiger partial charge in [0.15, 0.2) is 11.5 Å². The van der Waals surface area contributed by atoms with Crippen LogP contribution in [0.3, 0.4) is 0 Å². The monoisotopic (exact) mass is 353 g/mol. The lowest BCUT2D eigenvalue weighted by molar-refractivity contribution is 0.174. The molecule has 4 heterocycles. The van der Waals surface area contributed by atoms with Crippen LogP contribution in [0, 0.1) is 0 Å². The zero-order valence-electron chi connectivity index (χ0n) is 13.3. The third-order valence-electron chi connectivity index (χ3n) is 4.46. The van der Waals surface area contributed by atoms with Crippen LogP contribution in [0.5, 0.6) is 11.5 Å². The van der Waals surface area contributed by atoms with Crippen molar-refractivity contribution in [3.05, 3.63) is 41.0 Å². The van der Waals surface area contributed by atoms with Crippen LogP contribution in [-0.4, -0.2) is 33.5 Å². The molecule has 126 valence electrons. The largest absolute Gasteiger partial charge is 0.454 e. The Kier molecular flexibility index (Phi) is 3.48. The van der Waals surface area contributed by atoms with Gasteiger partial charge in [-0.3, -0.25) is 0 Å². The molecule has 0 aliphatic carbocycles. The first-order valence-corrected chi connectivity index (χ1v) is 9.02. The molecule has 2 aromatic heterocycles. The third kappa shape index (κ3) is 2.58. The number of nitrogens with zero attached hydrogens (tertiary/aromatic N) is 5. The van der Waals surface area contributed by atoms with Crippen molar-refractivity contribution in [2.45, 2.75) is 18.9 Å². The van der Waals surface area contributed by atoms with E-state index in [0.29, 0.717) is 5.95 Å². The summed E-state index contributed by atoms with van der Waals surface area (Å²) in [6.45, 7) is 1.17. The Morgan fingerprint density at radius 2 is 2.16 bits per heavy atom. The van der Waals surface area contributed by atoms with Gasteiger partial charge in [-0.05, 0) is 31.0 Å². The molecule has 1 aromatic carbocycles. The highest BCUT2D eigenvalue weighted by Gasteiger charge is 2.30. The van der Waals surface area contributed by atoms with E-state index in [-0.39, 0.29) is 12.8 Å². The van der Waals surface area contributed by atoms with Crippen LogP contribution in [0.15, 0.2) is 36.0 Å². The maximum absolute atomic E-state index is 5.45. The molecule has 1 saturated heterocycles. The molecule has 0 saturated carbocycles. The number of thiazole rings is 1. The van der Waals surface area contributed by atoms with E-state index >= 15 is 0 Å². The van der Waals surface area contributed by atoms with Crippen molar-refractivity contribution in [1.29, 1.82) is 0 Å². The lowest BCUT2D eigenvalue weighted by Gasteiger charge is -2.22. The lowest BCUT2D eigenvalue weighted by Crippen LogP contribution is -2.25. The van der Waals surface area contributed by atoms with Crippen LogP contribution >= 0.6 is 11.3 Å². The molecule has 3 aromatic rings. The first kappa shape index (κ1) is 14.6. The second kappa shape index (κ2) is 5.96. The van der Waals surface area contributed by atoms with Gasteiger partial charge in [0.2, 0.25) is 12.7 Å². The van der Waals surface area contributed by atoms with E-state index in [0.717, 1.165) is 47.2 Å². The van der Waals surface area contributed by atoms with Gasteiger partial charge in [-0.25, -0.2) is 9.97 Å². The topological polar surface area (TPSA) is 73.3 Å². The molecule has 0 amide bonds. The molecule has 0 radical (unpaired) electrons. The maximum Gasteiger partial charge on any atom is 0.246 e. The summed E-state index contributed by atoms with van der Waals surface area (Å²) in [5, 5.41) is 11.6. The lowest BCUT2D eigenvalue weighted by atomic mass is 10.1. The minimum Gasteiger partial charge on any atom is -0.454 e. The van der Waals surface area contributed by atoms with Crippen LogP contribution in [0.4, 0.5) is 5.95 Å². The van der Waals surface area contributed by atoms with Gasteiger partial charge in [0.05, 0.1) is 17.9 Å². The average Bonchev–Trinajstić information content (AvgIpc) is 3.41. The van der Waals surface area contributed by atoms with Crippen molar-refractivity contribution in [2.24, 2.45) is 0 Å². The van der Waals surface area contributed by atoms with Crippen LogP contribution in [0.2, 0.25) is 0 Å². The Morgan fingerprint density at radius 3 is 3.08 bits per heavy atom. The predicted octanol–water partition coefficient (Wildman–Crippen LogP) is 3.07. The molecule has 0 spiro atoms. The minimum atomic E-state index is 0.230. The van der Waals surface area contributed by atoms with Gasteiger partial charge in [0.25, 0.3) is 0 Å². The molecule has 5 rings (SSSR count). The Morgan fingerprint density at radius 1 is 1.20 bits per heavy atom. The highest BCUT2D eigenvalue weighted by Crippen LogP contribution is 2.37. The van der Waals surface area contributed by atoms with E-state index in [1.54, 1.807) is 17.5 Å². The van der Waals surface area contributed by atoms with E-state index in [9.17, 15) is 0 Å². The van der Waals surface area contributed by atoms with Crippen molar-refractivity contribution in [1.82, 2.24) is 20.2 Å². The number of aromatic nitrogens is 4. The van der Waals surface area contributed by atoms with E-state index in [4.69, 9.17) is 14.5 Å². The Bertz CT molecular complexity index is 902. The Labute approximate surface area is 148 Å². The minimum absolute atomic E-state index is 0.230. The summed E-state index contributed by atoms with van der Waals surface area (Å²) in [6.07, 6.45) is 5.68. The van der Waals surface area contributed by atoms with Crippen molar-refractivity contribution in [3.63, 3.8) is 0 Å². The Balaban J connectivity index is 1.49. The SMILES string of the molecule is c1csc(C2CCCN2c2nncc(-c3ccc4c(c3)OCO4)n2)n1. The van der Waals surface area contributed by atoms with Gasteiger partial charge >= 0.3 is 0 Å². The molecule has 2 aliphatic heterocycles. The van der Waals surface area contributed by atoms with Crippen LogP contribution in [0.1, 0.15) is 23.9 Å². The van der Waals surface area contributed by atoms with Crippen LogP contribution < -0.4 is 14.4 Å². The third-order valence-corrected chi connectivity index (χ3v) is 5.34. The maximum atomic E-state index is 5.45. The first-order valence-electron chi connectivity index (χ1n) is 8.14.